The second kappa shape index (κ2) is 14.6. The molecule has 4 aliphatic rings. The van der Waals surface area contributed by atoms with Crippen LogP contribution in [0.15, 0.2) is 71.6 Å². The Hall–Kier alpha value is -3.88. The average molecular weight is 723 g/mol. The van der Waals surface area contributed by atoms with Crippen molar-refractivity contribution in [3.05, 3.63) is 83.4 Å². The van der Waals surface area contributed by atoms with Crippen LogP contribution in [0.1, 0.15) is 50.8 Å². The number of carbonyl (C=O) groups excluding carboxylic acids is 1. The van der Waals surface area contributed by atoms with E-state index in [0.717, 1.165) is 15.4 Å². The summed E-state index contributed by atoms with van der Waals surface area (Å²) in [5, 5.41) is 3.42. The van der Waals surface area contributed by atoms with Gasteiger partial charge >= 0.3 is 6.09 Å². The molecule has 0 aliphatic carbocycles. The quantitative estimate of drug-likeness (QED) is 0.257. The molecule has 51 heavy (non-hydrogen) atoms. The van der Waals surface area contributed by atoms with E-state index < -0.39 is 46.3 Å². The lowest BCUT2D eigenvalue weighted by molar-refractivity contribution is -0.0907. The van der Waals surface area contributed by atoms with Crippen molar-refractivity contribution in [2.24, 2.45) is 11.8 Å². The van der Waals surface area contributed by atoms with Gasteiger partial charge in [0, 0.05) is 6.07 Å². The Morgan fingerprint density at radius 3 is 2.49 bits per heavy atom. The number of nitrogens with zero attached hydrogens (tertiary/aromatic N) is 1. The average Bonchev–Trinajstić information content (AvgIpc) is 3.90. The molecule has 3 saturated heterocycles. The van der Waals surface area contributed by atoms with Crippen LogP contribution in [-0.4, -0.2) is 75.6 Å². The maximum absolute atomic E-state index is 15.0. The van der Waals surface area contributed by atoms with E-state index in [1.54, 1.807) is 6.07 Å². The van der Waals surface area contributed by atoms with Crippen molar-refractivity contribution < 1.29 is 46.4 Å². The van der Waals surface area contributed by atoms with Crippen molar-refractivity contribution >= 4 is 16.1 Å². The predicted molar refractivity (Wildman–Crippen MR) is 186 cm³/mol. The van der Waals surface area contributed by atoms with Gasteiger partial charge in [0.25, 0.3) is 10.0 Å². The molecule has 0 bridgehead atoms. The van der Waals surface area contributed by atoms with Crippen molar-refractivity contribution in [3.8, 4) is 17.2 Å². The first kappa shape index (κ1) is 35.5. The van der Waals surface area contributed by atoms with Gasteiger partial charge in [-0.3, -0.25) is 5.32 Å². The SMILES string of the molecule is CC(C)Cc1cc(S(=O)(=O)N(C(=O)O[C@H]2CO[C@H]3OCC[C@H]32)C(Cc2ccc(OCc3ccccc3)cc2)[C@H]2COC(C)(C)N2)cc2c1OCO2. The van der Waals surface area contributed by atoms with Gasteiger partial charge in [0.1, 0.15) is 24.2 Å². The summed E-state index contributed by atoms with van der Waals surface area (Å²) in [6, 6.07) is 18.8. The fraction of sp³-hybridized carbons (Fsp3) is 0.500. The third-order valence-electron chi connectivity index (χ3n) is 9.66. The molecule has 0 radical (unpaired) electrons. The molecule has 5 atom stereocenters. The zero-order valence-corrected chi connectivity index (χ0v) is 30.2. The van der Waals surface area contributed by atoms with Crippen LogP contribution in [0, 0.1) is 11.8 Å². The minimum Gasteiger partial charge on any atom is -0.489 e. The number of fused-ring (bicyclic) bond motifs is 2. The van der Waals surface area contributed by atoms with E-state index in [0.29, 0.717) is 48.9 Å². The van der Waals surface area contributed by atoms with Crippen LogP contribution < -0.4 is 19.5 Å². The van der Waals surface area contributed by atoms with Crippen molar-refractivity contribution in [2.75, 3.05) is 26.6 Å². The number of nitrogens with one attached hydrogen (secondary N) is 1. The molecule has 4 aliphatic heterocycles. The highest BCUT2D eigenvalue weighted by molar-refractivity contribution is 7.89. The number of sulfonamides is 1. The molecule has 3 aromatic rings. The number of benzene rings is 3. The summed E-state index contributed by atoms with van der Waals surface area (Å²) < 4.78 is 71.9. The maximum atomic E-state index is 15.0. The fourth-order valence-corrected chi connectivity index (χ4v) is 8.77. The first-order valence-corrected chi connectivity index (χ1v) is 19.0. The topological polar surface area (TPSA) is 131 Å². The van der Waals surface area contributed by atoms with Gasteiger partial charge in [-0.1, -0.05) is 56.3 Å². The lowest BCUT2D eigenvalue weighted by atomic mass is 9.99. The van der Waals surface area contributed by atoms with Crippen LogP contribution in [0.4, 0.5) is 4.79 Å². The highest BCUT2D eigenvalue weighted by atomic mass is 32.2. The van der Waals surface area contributed by atoms with E-state index in [1.165, 1.54) is 6.07 Å². The number of ether oxygens (including phenoxy) is 7. The summed E-state index contributed by atoms with van der Waals surface area (Å²) in [6.45, 7) is 8.96. The van der Waals surface area contributed by atoms with E-state index in [-0.39, 0.29) is 43.2 Å². The Morgan fingerprint density at radius 1 is 0.980 bits per heavy atom. The molecular formula is C38H46N2O10S. The molecule has 1 amide bonds. The summed E-state index contributed by atoms with van der Waals surface area (Å²) in [5.74, 6) is 1.53. The molecule has 0 saturated carbocycles. The first-order valence-electron chi connectivity index (χ1n) is 17.5. The summed E-state index contributed by atoms with van der Waals surface area (Å²) >= 11 is 0. The lowest BCUT2D eigenvalue weighted by Gasteiger charge is -2.35. The summed E-state index contributed by atoms with van der Waals surface area (Å²) in [7, 11) is -4.55. The lowest BCUT2D eigenvalue weighted by Crippen LogP contribution is -2.57. The number of hydrogen-bond donors (Lipinski definition) is 1. The van der Waals surface area contributed by atoms with E-state index in [1.807, 2.05) is 82.3 Å². The molecule has 3 aromatic carbocycles. The van der Waals surface area contributed by atoms with Gasteiger partial charge in [-0.15, -0.1) is 0 Å². The van der Waals surface area contributed by atoms with Crippen molar-refractivity contribution in [1.29, 1.82) is 0 Å². The zero-order chi connectivity index (χ0) is 35.8. The van der Waals surface area contributed by atoms with Gasteiger partial charge in [0.05, 0.1) is 42.7 Å². The smallest absolute Gasteiger partial charge is 0.424 e. The zero-order valence-electron chi connectivity index (χ0n) is 29.4. The van der Waals surface area contributed by atoms with Crippen LogP contribution in [0.5, 0.6) is 17.2 Å². The van der Waals surface area contributed by atoms with E-state index in [4.69, 9.17) is 33.2 Å². The largest absolute Gasteiger partial charge is 0.489 e. The molecule has 13 heteroatoms. The van der Waals surface area contributed by atoms with Gasteiger partial charge < -0.3 is 33.2 Å². The van der Waals surface area contributed by atoms with Crippen LogP contribution in [-0.2, 0) is 48.4 Å². The van der Waals surface area contributed by atoms with Crippen LogP contribution in [0.3, 0.4) is 0 Å². The van der Waals surface area contributed by atoms with Crippen LogP contribution in [0.2, 0.25) is 0 Å². The Bertz CT molecular complexity index is 1800. The van der Waals surface area contributed by atoms with Crippen molar-refractivity contribution in [2.45, 2.75) is 88.7 Å². The van der Waals surface area contributed by atoms with Gasteiger partial charge in [-0.05, 0) is 73.9 Å². The van der Waals surface area contributed by atoms with Gasteiger partial charge in [-0.25, -0.2) is 13.2 Å². The fourth-order valence-electron chi connectivity index (χ4n) is 7.18. The maximum Gasteiger partial charge on any atom is 0.424 e. The second-order valence-corrected chi connectivity index (χ2v) is 16.2. The van der Waals surface area contributed by atoms with E-state index in [9.17, 15) is 4.79 Å². The number of carbonyl (C=O) groups is 1. The molecule has 1 N–H and O–H groups in total. The first-order chi connectivity index (χ1) is 24.5. The normalized spacial score (nSPS) is 24.0. The molecule has 7 rings (SSSR count). The van der Waals surface area contributed by atoms with Crippen LogP contribution in [0.25, 0.3) is 0 Å². The molecular weight excluding hydrogens is 676 g/mol. The van der Waals surface area contributed by atoms with Gasteiger partial charge in [0.2, 0.25) is 6.79 Å². The summed E-state index contributed by atoms with van der Waals surface area (Å²) in [4.78, 5) is 14.4. The third kappa shape index (κ3) is 7.82. The predicted octanol–water partition coefficient (Wildman–Crippen LogP) is 5.42. The van der Waals surface area contributed by atoms with E-state index >= 15 is 8.42 Å². The molecule has 3 fully saturated rings. The highest BCUT2D eigenvalue weighted by Crippen LogP contribution is 2.41. The molecule has 0 aromatic heterocycles. The number of amides is 1. The third-order valence-corrected chi connectivity index (χ3v) is 11.4. The minimum absolute atomic E-state index is 0.0198. The van der Waals surface area contributed by atoms with E-state index in [2.05, 4.69) is 5.32 Å². The molecule has 1 unspecified atom stereocenters. The van der Waals surface area contributed by atoms with Crippen molar-refractivity contribution in [1.82, 2.24) is 9.62 Å². The standard InChI is InChI=1S/C38H46N2O10S/c1-24(2)16-27-18-29(19-33-35(27)48-23-47-33)51(42,43)40(37(41)50-34-22-46-36-30(34)14-15-44-36)32(31-21-49-38(3,4)39-31)17-25-10-12-28(13-11-25)45-20-26-8-6-5-7-9-26/h5-13,18-19,24,30-32,34,36,39H,14-17,20-23H2,1-4H3/t30-,31+,32?,34-,36+/m0/s1. The monoisotopic (exact) mass is 722 g/mol. The Kier molecular flexibility index (Phi) is 10.2. The number of rotatable bonds is 12. The van der Waals surface area contributed by atoms with Crippen LogP contribution >= 0.6 is 0 Å². The molecule has 0 spiro atoms. The Morgan fingerprint density at radius 2 is 1.76 bits per heavy atom. The minimum atomic E-state index is -4.55. The van der Waals surface area contributed by atoms with Gasteiger partial charge in [0.15, 0.2) is 17.8 Å². The second-order valence-electron chi connectivity index (χ2n) is 14.4. The Labute approximate surface area is 299 Å². The van der Waals surface area contributed by atoms with Crippen molar-refractivity contribution in [3.63, 3.8) is 0 Å². The molecule has 4 heterocycles. The highest BCUT2D eigenvalue weighted by Gasteiger charge is 2.49. The summed E-state index contributed by atoms with van der Waals surface area (Å²) in [6.07, 6.45) is -0.768. The Balaban J connectivity index is 1.24. The molecule has 274 valence electrons. The molecule has 12 nitrogen and oxygen atoms in total. The summed E-state index contributed by atoms with van der Waals surface area (Å²) in [5.41, 5.74) is 1.77. The van der Waals surface area contributed by atoms with Gasteiger partial charge in [-0.2, -0.15) is 4.31 Å². The number of hydrogen-bond acceptors (Lipinski definition) is 11.